The molecule has 0 spiro atoms. The molecule has 0 saturated heterocycles. The monoisotopic (exact) mass is 470 g/mol. The van der Waals surface area contributed by atoms with Gasteiger partial charge in [0, 0.05) is 29.0 Å². The lowest BCUT2D eigenvalue weighted by Crippen LogP contribution is -2.57. The van der Waals surface area contributed by atoms with Gasteiger partial charge in [-0.3, -0.25) is 14.9 Å². The average molecular weight is 471 g/mol. The molecule has 10 nitrogen and oxygen atoms in total. The van der Waals surface area contributed by atoms with Gasteiger partial charge in [-0.05, 0) is 54.9 Å². The summed E-state index contributed by atoms with van der Waals surface area (Å²) < 4.78 is 10.7. The predicted molar refractivity (Wildman–Crippen MR) is 119 cm³/mol. The van der Waals surface area contributed by atoms with Gasteiger partial charge in [-0.2, -0.15) is 0 Å². The van der Waals surface area contributed by atoms with Crippen LogP contribution in [0.15, 0.2) is 35.8 Å². The fraction of sp³-hybridized carbons (Fsp3) is 0.409. The minimum absolute atomic E-state index is 0.0189. The topological polar surface area (TPSA) is 137 Å². The van der Waals surface area contributed by atoms with Gasteiger partial charge in [0.1, 0.15) is 4.83 Å². The molecule has 0 bridgehead atoms. The van der Waals surface area contributed by atoms with Gasteiger partial charge in [0.15, 0.2) is 22.7 Å². The van der Waals surface area contributed by atoms with Crippen molar-refractivity contribution in [3.8, 4) is 11.5 Å². The van der Waals surface area contributed by atoms with E-state index in [0.717, 1.165) is 16.7 Å². The highest BCUT2D eigenvalue weighted by atomic mass is 32.1. The van der Waals surface area contributed by atoms with Gasteiger partial charge < -0.3 is 19.9 Å². The largest absolute Gasteiger partial charge is 0.480 e. The van der Waals surface area contributed by atoms with Crippen molar-refractivity contribution in [3.63, 3.8) is 0 Å². The van der Waals surface area contributed by atoms with Crippen LogP contribution in [0, 0.1) is 10.1 Å². The molecular weight excluding hydrogens is 448 g/mol. The zero-order chi connectivity index (χ0) is 23.0. The first kappa shape index (κ1) is 21.5. The summed E-state index contributed by atoms with van der Waals surface area (Å²) in [6.45, 7) is 0.822. The van der Waals surface area contributed by atoms with Gasteiger partial charge in [-0.15, -0.1) is 11.3 Å². The summed E-state index contributed by atoms with van der Waals surface area (Å²) in [6.07, 6.45) is 2.91. The van der Waals surface area contributed by atoms with Crippen molar-refractivity contribution in [2.24, 2.45) is 0 Å². The molecule has 3 aromatic rings. The molecule has 5 rings (SSSR count). The number of carboxylic acids is 1. The zero-order valence-corrected chi connectivity index (χ0v) is 18.4. The molecule has 3 unspecified atom stereocenters. The van der Waals surface area contributed by atoms with Crippen molar-refractivity contribution in [1.82, 2.24) is 15.3 Å². The second-order valence-corrected chi connectivity index (χ2v) is 9.21. The zero-order valence-electron chi connectivity index (χ0n) is 17.6. The lowest BCUT2D eigenvalue weighted by Gasteiger charge is -2.37. The third kappa shape index (κ3) is 3.87. The molecule has 3 atom stereocenters. The SMILES string of the molecule is O=C(O)C1(c2ncc3ccsc3n2)CCC(NCCc2ccc3c(c2)OCO3)CC1[N+](=O)[O-]. The van der Waals surface area contributed by atoms with Crippen molar-refractivity contribution in [2.45, 2.75) is 43.2 Å². The van der Waals surface area contributed by atoms with Gasteiger partial charge in [-0.25, -0.2) is 9.97 Å². The number of aliphatic carboxylic acids is 1. The number of nitrogens with one attached hydrogen (secondary N) is 1. The van der Waals surface area contributed by atoms with Crippen molar-refractivity contribution in [2.75, 3.05) is 13.3 Å². The molecule has 1 aromatic carbocycles. The fourth-order valence-electron chi connectivity index (χ4n) is 4.70. The number of carboxylic acid groups (broad SMARTS) is 1. The molecule has 2 aromatic heterocycles. The van der Waals surface area contributed by atoms with Crippen LogP contribution < -0.4 is 14.8 Å². The Morgan fingerprint density at radius 1 is 1.33 bits per heavy atom. The maximum Gasteiger partial charge on any atom is 0.324 e. The van der Waals surface area contributed by atoms with E-state index < -0.39 is 22.3 Å². The average Bonchev–Trinajstić information content (AvgIpc) is 3.47. The number of carbonyl (C=O) groups is 1. The van der Waals surface area contributed by atoms with E-state index in [1.807, 2.05) is 29.6 Å². The third-order valence-corrected chi connectivity index (χ3v) is 7.31. The van der Waals surface area contributed by atoms with Crippen molar-refractivity contribution < 1.29 is 24.3 Å². The highest BCUT2D eigenvalue weighted by Gasteiger charge is 2.59. The lowest BCUT2D eigenvalue weighted by atomic mass is 9.68. The summed E-state index contributed by atoms with van der Waals surface area (Å²) in [5, 5.41) is 28.2. The smallest absolute Gasteiger partial charge is 0.324 e. The van der Waals surface area contributed by atoms with Crippen LogP contribution in [0.5, 0.6) is 11.5 Å². The maximum atomic E-state index is 12.4. The molecule has 0 amide bonds. The van der Waals surface area contributed by atoms with Crippen molar-refractivity contribution in [1.29, 1.82) is 0 Å². The number of rotatable bonds is 7. The van der Waals surface area contributed by atoms with E-state index >= 15 is 0 Å². The van der Waals surface area contributed by atoms with E-state index in [0.29, 0.717) is 30.0 Å². The number of nitro groups is 1. The Kier molecular flexibility index (Phi) is 5.59. The lowest BCUT2D eigenvalue weighted by molar-refractivity contribution is -0.537. The number of benzene rings is 1. The minimum Gasteiger partial charge on any atom is -0.480 e. The van der Waals surface area contributed by atoms with Crippen LogP contribution in [-0.4, -0.2) is 51.4 Å². The van der Waals surface area contributed by atoms with Crippen LogP contribution in [0.1, 0.15) is 30.7 Å². The summed E-state index contributed by atoms with van der Waals surface area (Å²) in [5.74, 6) is 0.206. The van der Waals surface area contributed by atoms with E-state index in [1.165, 1.54) is 11.3 Å². The number of fused-ring (bicyclic) bond motifs is 2. The van der Waals surface area contributed by atoms with E-state index in [2.05, 4.69) is 15.3 Å². The Bertz CT molecular complexity index is 1220. The Balaban J connectivity index is 1.31. The summed E-state index contributed by atoms with van der Waals surface area (Å²) in [5.41, 5.74) is -0.692. The first-order valence-electron chi connectivity index (χ1n) is 10.7. The molecular formula is C22H22N4O6S. The van der Waals surface area contributed by atoms with Gasteiger partial charge in [-0.1, -0.05) is 6.07 Å². The van der Waals surface area contributed by atoms with Crippen LogP contribution in [0.2, 0.25) is 0 Å². The van der Waals surface area contributed by atoms with Crippen LogP contribution in [0.25, 0.3) is 10.2 Å². The first-order valence-corrected chi connectivity index (χ1v) is 11.5. The number of nitrogens with zero attached hydrogens (tertiary/aromatic N) is 3. The molecule has 0 radical (unpaired) electrons. The number of ether oxygens (including phenoxy) is 2. The Labute approximate surface area is 192 Å². The van der Waals surface area contributed by atoms with Crippen molar-refractivity contribution >= 4 is 27.5 Å². The van der Waals surface area contributed by atoms with Gasteiger partial charge in [0.05, 0.1) is 0 Å². The Morgan fingerprint density at radius 2 is 2.18 bits per heavy atom. The Morgan fingerprint density at radius 3 is 3.00 bits per heavy atom. The van der Waals surface area contributed by atoms with E-state index in [1.54, 1.807) is 6.20 Å². The second-order valence-electron chi connectivity index (χ2n) is 8.32. The molecule has 2 aliphatic rings. The highest BCUT2D eigenvalue weighted by Crippen LogP contribution is 2.41. The summed E-state index contributed by atoms with van der Waals surface area (Å²) >= 11 is 1.36. The van der Waals surface area contributed by atoms with Crippen LogP contribution in [-0.2, 0) is 16.6 Å². The molecule has 1 fully saturated rings. The summed E-state index contributed by atoms with van der Waals surface area (Å²) in [4.78, 5) is 33.3. The molecule has 1 saturated carbocycles. The number of thiophene rings is 1. The molecule has 11 heteroatoms. The van der Waals surface area contributed by atoms with E-state index in [4.69, 9.17) is 9.47 Å². The minimum atomic E-state index is -1.75. The number of hydrogen-bond acceptors (Lipinski definition) is 9. The van der Waals surface area contributed by atoms with Crippen LogP contribution in [0.4, 0.5) is 0 Å². The molecule has 3 heterocycles. The summed E-state index contributed by atoms with van der Waals surface area (Å²) in [7, 11) is 0. The first-order chi connectivity index (χ1) is 16.0. The second kappa shape index (κ2) is 8.56. The number of aromatic nitrogens is 2. The van der Waals surface area contributed by atoms with E-state index in [-0.39, 0.29) is 31.5 Å². The van der Waals surface area contributed by atoms with Gasteiger partial charge in [0.25, 0.3) is 0 Å². The molecule has 1 aliphatic carbocycles. The predicted octanol–water partition coefficient (Wildman–Crippen LogP) is 2.77. The normalized spacial score (nSPS) is 24.1. The third-order valence-electron chi connectivity index (χ3n) is 6.49. The van der Waals surface area contributed by atoms with Crippen molar-refractivity contribution in [3.05, 3.63) is 57.3 Å². The quantitative estimate of drug-likeness (QED) is 0.394. The van der Waals surface area contributed by atoms with Gasteiger partial charge >= 0.3 is 5.97 Å². The maximum absolute atomic E-state index is 12.4. The number of hydrogen-bond donors (Lipinski definition) is 2. The standard InChI is InChI=1S/C22H22N4O6S/c27-21(28)22(20-24-11-14-5-8-33-19(14)25-20)6-3-15(10-18(22)26(29)30)23-7-4-13-1-2-16-17(9-13)32-12-31-16/h1-2,5,8-9,11,15,18,23H,3-4,6-7,10,12H2,(H,27,28). The molecule has 2 N–H and O–H groups in total. The van der Waals surface area contributed by atoms with Crippen LogP contribution in [0.3, 0.4) is 0 Å². The van der Waals surface area contributed by atoms with Crippen LogP contribution >= 0.6 is 11.3 Å². The Hall–Kier alpha value is -3.31. The molecule has 172 valence electrons. The molecule has 1 aliphatic heterocycles. The summed E-state index contributed by atoms with van der Waals surface area (Å²) in [6, 6.07) is 6.09. The van der Waals surface area contributed by atoms with E-state index in [9.17, 15) is 20.0 Å². The molecule has 33 heavy (non-hydrogen) atoms. The highest BCUT2D eigenvalue weighted by molar-refractivity contribution is 7.16. The fourth-order valence-corrected chi connectivity index (χ4v) is 5.44. The van der Waals surface area contributed by atoms with Gasteiger partial charge in [0.2, 0.25) is 12.8 Å².